The minimum Gasteiger partial charge on any atom is -0.468 e. The molecule has 3 rings (SSSR count). The fraction of sp³-hybridized carbons (Fsp3) is 0.158. The molecule has 1 amide bonds. The van der Waals surface area contributed by atoms with Crippen LogP contribution in [-0.4, -0.2) is 25.0 Å². The summed E-state index contributed by atoms with van der Waals surface area (Å²) in [6.45, 7) is 1.69. The van der Waals surface area contributed by atoms with Crippen molar-refractivity contribution in [3.63, 3.8) is 0 Å². The highest BCUT2D eigenvalue weighted by molar-refractivity contribution is 8.04. The Bertz CT molecular complexity index is 917. The third-order valence-electron chi connectivity index (χ3n) is 3.98. The van der Waals surface area contributed by atoms with Gasteiger partial charge in [-0.3, -0.25) is 4.79 Å². The standard InChI is InChI=1S/C19H16ClFN2O3S/c1-11-16(19(25)26-2)22-23(14-5-3-4-12(20)10-14)18(24)17(11)27-15-8-6-13(21)7-9-15/h3-10,16,22H,1-2H3. The third-order valence-corrected chi connectivity index (χ3v) is 5.43. The molecule has 0 fully saturated rings. The van der Waals surface area contributed by atoms with Gasteiger partial charge in [-0.25, -0.2) is 19.6 Å². The summed E-state index contributed by atoms with van der Waals surface area (Å²) in [5, 5.41) is 1.72. The maximum absolute atomic E-state index is 13.2. The second-order valence-electron chi connectivity index (χ2n) is 5.77. The van der Waals surface area contributed by atoms with Gasteiger partial charge in [0.1, 0.15) is 11.9 Å². The van der Waals surface area contributed by atoms with E-state index in [-0.39, 0.29) is 11.7 Å². The minimum absolute atomic E-state index is 0.343. The van der Waals surface area contributed by atoms with Crippen molar-refractivity contribution in [1.82, 2.24) is 5.43 Å². The number of hydrazine groups is 1. The summed E-state index contributed by atoms with van der Waals surface area (Å²) in [6, 6.07) is 11.7. The maximum atomic E-state index is 13.2. The first kappa shape index (κ1) is 19.4. The number of benzene rings is 2. The topological polar surface area (TPSA) is 58.6 Å². The Hall–Kier alpha value is -2.35. The van der Waals surface area contributed by atoms with Crippen LogP contribution in [0.3, 0.4) is 0 Å². The van der Waals surface area contributed by atoms with Gasteiger partial charge in [-0.1, -0.05) is 29.4 Å². The molecular formula is C19H16ClFN2O3S. The highest BCUT2D eigenvalue weighted by atomic mass is 35.5. The predicted molar refractivity (Wildman–Crippen MR) is 103 cm³/mol. The van der Waals surface area contributed by atoms with E-state index in [2.05, 4.69) is 5.43 Å². The lowest BCUT2D eigenvalue weighted by Gasteiger charge is -2.34. The van der Waals surface area contributed by atoms with E-state index in [4.69, 9.17) is 16.3 Å². The zero-order valence-electron chi connectivity index (χ0n) is 14.5. The Balaban J connectivity index is 2.02. The molecule has 1 aliphatic heterocycles. The molecule has 1 atom stereocenters. The number of nitrogens with zero attached hydrogens (tertiary/aromatic N) is 1. The van der Waals surface area contributed by atoms with Crippen LogP contribution in [0.4, 0.5) is 10.1 Å². The van der Waals surface area contributed by atoms with E-state index in [1.54, 1.807) is 43.3 Å². The fourth-order valence-electron chi connectivity index (χ4n) is 2.58. The second-order valence-corrected chi connectivity index (χ2v) is 7.29. The molecule has 0 saturated carbocycles. The van der Waals surface area contributed by atoms with E-state index in [0.29, 0.717) is 26.1 Å². The molecule has 0 radical (unpaired) electrons. The van der Waals surface area contributed by atoms with Gasteiger partial charge in [-0.2, -0.15) is 0 Å². The number of hydrogen-bond donors (Lipinski definition) is 1. The number of rotatable bonds is 4. The van der Waals surface area contributed by atoms with Gasteiger partial charge >= 0.3 is 5.97 Å². The Kier molecular flexibility index (Phi) is 5.84. The van der Waals surface area contributed by atoms with Gasteiger partial charge in [0.05, 0.1) is 17.7 Å². The van der Waals surface area contributed by atoms with Crippen molar-refractivity contribution in [2.75, 3.05) is 12.1 Å². The molecule has 27 heavy (non-hydrogen) atoms. The second kappa shape index (κ2) is 8.12. The van der Waals surface area contributed by atoms with Gasteiger partial charge in [0, 0.05) is 9.92 Å². The number of anilines is 1. The van der Waals surface area contributed by atoms with Crippen LogP contribution in [0.2, 0.25) is 5.02 Å². The molecule has 1 unspecified atom stereocenters. The van der Waals surface area contributed by atoms with Crippen molar-refractivity contribution in [2.45, 2.75) is 17.9 Å². The van der Waals surface area contributed by atoms with Crippen molar-refractivity contribution >= 4 is 40.9 Å². The molecule has 2 aromatic rings. The highest BCUT2D eigenvalue weighted by Gasteiger charge is 2.37. The van der Waals surface area contributed by atoms with Crippen molar-refractivity contribution in [1.29, 1.82) is 0 Å². The number of esters is 1. The molecule has 1 heterocycles. The van der Waals surface area contributed by atoms with Crippen molar-refractivity contribution in [3.8, 4) is 0 Å². The van der Waals surface area contributed by atoms with Gasteiger partial charge in [0.25, 0.3) is 5.91 Å². The van der Waals surface area contributed by atoms with E-state index in [1.165, 1.54) is 24.3 Å². The summed E-state index contributed by atoms with van der Waals surface area (Å²) in [6.07, 6.45) is 0. The van der Waals surface area contributed by atoms with Crippen LogP contribution in [0.1, 0.15) is 6.92 Å². The third kappa shape index (κ3) is 4.16. The number of thioether (sulfide) groups is 1. The van der Waals surface area contributed by atoms with Crippen LogP contribution in [0.25, 0.3) is 0 Å². The van der Waals surface area contributed by atoms with Gasteiger partial charge in [-0.15, -0.1) is 0 Å². The number of methoxy groups -OCH3 is 1. The maximum Gasteiger partial charge on any atom is 0.329 e. The molecule has 5 nitrogen and oxygen atoms in total. The fourth-order valence-corrected chi connectivity index (χ4v) is 3.73. The summed E-state index contributed by atoms with van der Waals surface area (Å²) in [5.74, 6) is -1.23. The number of hydrogen-bond acceptors (Lipinski definition) is 5. The highest BCUT2D eigenvalue weighted by Crippen LogP contribution is 2.35. The normalized spacial score (nSPS) is 17.3. The molecule has 8 heteroatoms. The number of carbonyl (C=O) groups is 2. The van der Waals surface area contributed by atoms with Crippen molar-refractivity contribution < 1.29 is 18.7 Å². The first-order valence-electron chi connectivity index (χ1n) is 7.99. The first-order chi connectivity index (χ1) is 12.9. The SMILES string of the molecule is COC(=O)C1NN(c2cccc(Cl)c2)C(=O)C(Sc2ccc(F)cc2)=C1C. The number of ether oxygens (including phenoxy) is 1. The molecular weight excluding hydrogens is 391 g/mol. The average Bonchev–Trinajstić information content (AvgIpc) is 2.66. The van der Waals surface area contributed by atoms with Crippen LogP contribution < -0.4 is 10.4 Å². The van der Waals surface area contributed by atoms with Crippen LogP contribution >= 0.6 is 23.4 Å². The van der Waals surface area contributed by atoms with Crippen molar-refractivity contribution in [2.24, 2.45) is 0 Å². The molecule has 0 aliphatic carbocycles. The van der Waals surface area contributed by atoms with Crippen LogP contribution in [0.15, 0.2) is 63.9 Å². The van der Waals surface area contributed by atoms with E-state index < -0.39 is 12.0 Å². The molecule has 1 aliphatic rings. The molecule has 1 N–H and O–H groups in total. The first-order valence-corrected chi connectivity index (χ1v) is 9.18. The summed E-state index contributed by atoms with van der Waals surface area (Å²) in [4.78, 5) is 26.4. The quantitative estimate of drug-likeness (QED) is 0.779. The summed E-state index contributed by atoms with van der Waals surface area (Å²) in [5.41, 5.74) is 3.91. The average molecular weight is 407 g/mol. The van der Waals surface area contributed by atoms with E-state index >= 15 is 0 Å². The zero-order valence-corrected chi connectivity index (χ0v) is 16.1. The van der Waals surface area contributed by atoms with Gasteiger partial charge in [0.15, 0.2) is 0 Å². The molecule has 2 aromatic carbocycles. The summed E-state index contributed by atoms with van der Waals surface area (Å²) >= 11 is 7.20. The van der Waals surface area contributed by atoms with Gasteiger partial charge < -0.3 is 4.74 Å². The lowest BCUT2D eigenvalue weighted by atomic mass is 10.1. The Morgan fingerprint density at radius 2 is 1.96 bits per heavy atom. The van der Waals surface area contributed by atoms with Gasteiger partial charge in [0.2, 0.25) is 0 Å². The molecule has 0 bridgehead atoms. The molecule has 0 spiro atoms. The van der Waals surface area contributed by atoms with Gasteiger partial charge in [-0.05, 0) is 55.0 Å². The number of halogens is 2. The molecule has 140 valence electrons. The van der Waals surface area contributed by atoms with E-state index in [1.807, 2.05) is 0 Å². The lowest BCUT2D eigenvalue weighted by molar-refractivity contribution is -0.142. The smallest absolute Gasteiger partial charge is 0.329 e. The summed E-state index contributed by atoms with van der Waals surface area (Å²) < 4.78 is 18.0. The number of amides is 1. The Labute approximate surface area is 165 Å². The Morgan fingerprint density at radius 3 is 2.59 bits per heavy atom. The van der Waals surface area contributed by atoms with E-state index in [9.17, 15) is 14.0 Å². The number of carbonyl (C=O) groups excluding carboxylic acids is 2. The van der Waals surface area contributed by atoms with E-state index in [0.717, 1.165) is 11.8 Å². The molecule has 0 saturated heterocycles. The van der Waals surface area contributed by atoms with Crippen LogP contribution in [0, 0.1) is 5.82 Å². The van der Waals surface area contributed by atoms with Crippen LogP contribution in [0.5, 0.6) is 0 Å². The monoisotopic (exact) mass is 406 g/mol. The van der Waals surface area contributed by atoms with Crippen LogP contribution in [-0.2, 0) is 14.3 Å². The number of nitrogens with one attached hydrogen (secondary N) is 1. The predicted octanol–water partition coefficient (Wildman–Crippen LogP) is 3.94. The Morgan fingerprint density at radius 1 is 1.26 bits per heavy atom. The minimum atomic E-state index is -0.838. The largest absolute Gasteiger partial charge is 0.468 e. The summed E-state index contributed by atoms with van der Waals surface area (Å²) in [7, 11) is 1.28. The zero-order chi connectivity index (χ0) is 19.6. The molecule has 0 aromatic heterocycles. The lowest BCUT2D eigenvalue weighted by Crippen LogP contribution is -2.56. The van der Waals surface area contributed by atoms with Crippen molar-refractivity contribution in [3.05, 3.63) is 69.8 Å².